The molecule has 1 aliphatic heterocycles. The Morgan fingerprint density at radius 3 is 1.94 bits per heavy atom. The second-order valence-corrected chi connectivity index (χ2v) is 5.76. The first kappa shape index (κ1) is 13.7. The van der Waals surface area contributed by atoms with Gasteiger partial charge >= 0.3 is 0 Å². The third-order valence-corrected chi connectivity index (χ3v) is 3.66. The van der Waals surface area contributed by atoms with Crippen molar-refractivity contribution in [3.63, 3.8) is 0 Å². The second kappa shape index (κ2) is 4.46. The maximum Gasteiger partial charge on any atom is 0.171 e. The van der Waals surface area contributed by atoms with E-state index in [-0.39, 0.29) is 11.6 Å². The van der Waals surface area contributed by atoms with Crippen molar-refractivity contribution in [3.8, 4) is 0 Å². The standard InChI is InChI=1S/C13H26N2O/c1-9(2)12(16)13(14(7)10(3)4)8-15(13)11(5)6/h9-11H,8H2,1-7H3. The first-order chi connectivity index (χ1) is 7.25. The molecule has 0 saturated carbocycles. The number of nitrogens with zero attached hydrogens (tertiary/aromatic N) is 2. The third-order valence-electron chi connectivity index (χ3n) is 3.66. The summed E-state index contributed by atoms with van der Waals surface area (Å²) in [5.74, 6) is 0.461. The van der Waals surface area contributed by atoms with Crippen LogP contribution in [-0.2, 0) is 4.79 Å². The predicted octanol–water partition coefficient (Wildman–Crippen LogP) is 1.97. The average molecular weight is 226 g/mol. The van der Waals surface area contributed by atoms with Crippen molar-refractivity contribution < 1.29 is 4.79 Å². The Morgan fingerprint density at radius 2 is 1.69 bits per heavy atom. The van der Waals surface area contributed by atoms with Crippen molar-refractivity contribution >= 4 is 5.78 Å². The van der Waals surface area contributed by atoms with Gasteiger partial charge in [0.25, 0.3) is 0 Å². The summed E-state index contributed by atoms with van der Waals surface area (Å²) in [4.78, 5) is 16.9. The van der Waals surface area contributed by atoms with E-state index in [0.717, 1.165) is 6.54 Å². The molecule has 0 aromatic rings. The molecule has 0 aromatic carbocycles. The highest BCUT2D eigenvalue weighted by Gasteiger charge is 2.62. The van der Waals surface area contributed by atoms with Crippen LogP contribution in [-0.4, -0.2) is 46.9 Å². The van der Waals surface area contributed by atoms with E-state index in [0.29, 0.717) is 17.9 Å². The van der Waals surface area contributed by atoms with Crippen molar-refractivity contribution in [2.24, 2.45) is 5.92 Å². The SMILES string of the molecule is CC(C)C(=O)C1(N(C)C(C)C)CN1C(C)C. The van der Waals surface area contributed by atoms with Crippen molar-refractivity contribution in [1.82, 2.24) is 9.80 Å². The van der Waals surface area contributed by atoms with Gasteiger partial charge < -0.3 is 0 Å². The van der Waals surface area contributed by atoms with Gasteiger partial charge in [-0.15, -0.1) is 0 Å². The van der Waals surface area contributed by atoms with Crippen LogP contribution >= 0.6 is 0 Å². The van der Waals surface area contributed by atoms with E-state index in [1.54, 1.807) is 0 Å². The lowest BCUT2D eigenvalue weighted by Crippen LogP contribution is -2.51. The van der Waals surface area contributed by atoms with Gasteiger partial charge in [-0.2, -0.15) is 0 Å². The van der Waals surface area contributed by atoms with Gasteiger partial charge in [0.2, 0.25) is 0 Å². The smallest absolute Gasteiger partial charge is 0.171 e. The van der Waals surface area contributed by atoms with E-state index >= 15 is 0 Å². The molecule has 0 aromatic heterocycles. The largest absolute Gasteiger partial charge is 0.296 e. The van der Waals surface area contributed by atoms with Crippen LogP contribution in [0.5, 0.6) is 0 Å². The highest BCUT2D eigenvalue weighted by molar-refractivity contribution is 5.92. The van der Waals surface area contributed by atoms with E-state index in [2.05, 4.69) is 44.5 Å². The minimum atomic E-state index is -0.323. The molecule has 1 fully saturated rings. The molecule has 1 rings (SSSR count). The number of carbonyl (C=O) groups is 1. The van der Waals surface area contributed by atoms with Gasteiger partial charge in [0, 0.05) is 24.5 Å². The number of ketones is 1. The number of hydrogen-bond acceptors (Lipinski definition) is 3. The Morgan fingerprint density at radius 1 is 1.19 bits per heavy atom. The highest BCUT2D eigenvalue weighted by Crippen LogP contribution is 2.40. The molecule has 0 N–H and O–H groups in total. The second-order valence-electron chi connectivity index (χ2n) is 5.76. The van der Waals surface area contributed by atoms with Gasteiger partial charge in [-0.25, -0.2) is 0 Å². The van der Waals surface area contributed by atoms with Gasteiger partial charge in [0.05, 0.1) is 0 Å². The molecular weight excluding hydrogens is 200 g/mol. The minimum absolute atomic E-state index is 0.102. The number of Topliss-reactive ketones (excluding diaryl/α,β-unsaturated/α-hetero) is 1. The molecular formula is C13H26N2O. The van der Waals surface area contributed by atoms with Crippen LogP contribution in [0.4, 0.5) is 0 Å². The van der Waals surface area contributed by atoms with Crippen LogP contribution in [0.15, 0.2) is 0 Å². The van der Waals surface area contributed by atoms with Crippen LogP contribution in [0.25, 0.3) is 0 Å². The molecule has 0 bridgehead atoms. The molecule has 0 radical (unpaired) electrons. The number of likely N-dealkylation sites (N-methyl/N-ethyl adjacent to an activating group) is 1. The molecule has 3 heteroatoms. The molecule has 0 amide bonds. The first-order valence-electron chi connectivity index (χ1n) is 6.29. The summed E-state index contributed by atoms with van der Waals surface area (Å²) in [5, 5.41) is 0. The third kappa shape index (κ3) is 2.03. The molecule has 2 atom stereocenters. The van der Waals surface area contributed by atoms with Crippen LogP contribution in [0.1, 0.15) is 41.5 Å². The average Bonchev–Trinajstić information content (AvgIpc) is 2.91. The first-order valence-corrected chi connectivity index (χ1v) is 6.29. The Kier molecular flexibility index (Phi) is 3.80. The van der Waals surface area contributed by atoms with E-state index in [1.165, 1.54) is 0 Å². The predicted molar refractivity (Wildman–Crippen MR) is 67.3 cm³/mol. The number of carbonyl (C=O) groups excluding carboxylic acids is 1. The van der Waals surface area contributed by atoms with Crippen LogP contribution in [0.3, 0.4) is 0 Å². The van der Waals surface area contributed by atoms with E-state index < -0.39 is 0 Å². The van der Waals surface area contributed by atoms with Gasteiger partial charge in [-0.1, -0.05) is 13.8 Å². The quantitative estimate of drug-likeness (QED) is 0.670. The van der Waals surface area contributed by atoms with Crippen LogP contribution in [0, 0.1) is 5.92 Å². The molecule has 3 nitrogen and oxygen atoms in total. The van der Waals surface area contributed by atoms with Gasteiger partial charge in [-0.3, -0.25) is 14.6 Å². The molecule has 1 aliphatic rings. The molecule has 2 unspecified atom stereocenters. The zero-order valence-corrected chi connectivity index (χ0v) is 11.7. The summed E-state index contributed by atoms with van der Waals surface area (Å²) < 4.78 is 0. The molecule has 1 saturated heterocycles. The summed E-state index contributed by atoms with van der Waals surface area (Å²) in [6.45, 7) is 13.5. The topological polar surface area (TPSA) is 23.3 Å². The minimum Gasteiger partial charge on any atom is -0.296 e. The molecule has 0 spiro atoms. The van der Waals surface area contributed by atoms with Crippen molar-refractivity contribution in [3.05, 3.63) is 0 Å². The fourth-order valence-electron chi connectivity index (χ4n) is 2.41. The Bertz CT molecular complexity index is 273. The normalized spacial score (nSPS) is 29.6. The lowest BCUT2D eigenvalue weighted by atomic mass is 9.99. The maximum atomic E-state index is 12.4. The molecule has 1 heterocycles. The Hall–Kier alpha value is -0.410. The summed E-state index contributed by atoms with van der Waals surface area (Å²) in [6, 6.07) is 0.829. The van der Waals surface area contributed by atoms with Gasteiger partial charge in [0.15, 0.2) is 5.78 Å². The summed E-state index contributed by atoms with van der Waals surface area (Å²) >= 11 is 0. The Labute approximate surface area is 99.8 Å². The molecule has 0 aliphatic carbocycles. The van der Waals surface area contributed by atoms with Crippen LogP contribution < -0.4 is 0 Å². The van der Waals surface area contributed by atoms with Gasteiger partial charge in [0.1, 0.15) is 5.66 Å². The molecule has 16 heavy (non-hydrogen) atoms. The zero-order valence-electron chi connectivity index (χ0n) is 11.7. The van der Waals surface area contributed by atoms with Gasteiger partial charge in [-0.05, 0) is 34.7 Å². The summed E-state index contributed by atoms with van der Waals surface area (Å²) in [5.41, 5.74) is -0.323. The van der Waals surface area contributed by atoms with E-state index in [9.17, 15) is 4.79 Å². The lowest BCUT2D eigenvalue weighted by molar-refractivity contribution is -0.131. The number of rotatable bonds is 5. The van der Waals surface area contributed by atoms with Crippen molar-refractivity contribution in [2.45, 2.75) is 59.3 Å². The monoisotopic (exact) mass is 226 g/mol. The van der Waals surface area contributed by atoms with Crippen molar-refractivity contribution in [2.75, 3.05) is 13.6 Å². The summed E-state index contributed by atoms with van der Waals surface area (Å²) in [7, 11) is 2.06. The molecule has 94 valence electrons. The fourth-order valence-corrected chi connectivity index (χ4v) is 2.41. The van der Waals surface area contributed by atoms with E-state index in [4.69, 9.17) is 0 Å². The lowest BCUT2D eigenvalue weighted by Gasteiger charge is -2.33. The maximum absolute atomic E-state index is 12.4. The Balaban J connectivity index is 2.94. The number of hydrogen-bond donors (Lipinski definition) is 0. The fraction of sp³-hybridized carbons (Fsp3) is 0.923. The van der Waals surface area contributed by atoms with Crippen molar-refractivity contribution in [1.29, 1.82) is 0 Å². The highest BCUT2D eigenvalue weighted by atomic mass is 16.1. The van der Waals surface area contributed by atoms with Crippen LogP contribution in [0.2, 0.25) is 0 Å². The summed E-state index contributed by atoms with van der Waals surface area (Å²) in [6.07, 6.45) is 0. The van der Waals surface area contributed by atoms with E-state index in [1.807, 2.05) is 13.8 Å². The zero-order chi connectivity index (χ0) is 12.7.